The number of thioether (sulfide) groups is 1. The lowest BCUT2D eigenvalue weighted by molar-refractivity contribution is 0.200. The minimum atomic E-state index is -4.52. The highest BCUT2D eigenvalue weighted by molar-refractivity contribution is 8.03. The molecular weight excluding hydrogens is 631 g/mol. The van der Waals surface area contributed by atoms with Crippen molar-refractivity contribution in [2.24, 2.45) is 0 Å². The van der Waals surface area contributed by atoms with Crippen LogP contribution in [0.25, 0.3) is 0 Å². The molecule has 1 heterocycles. The Bertz CT molecular complexity index is 1290. The summed E-state index contributed by atoms with van der Waals surface area (Å²) in [5, 5.41) is 2.80. The minimum absolute atomic E-state index is 0.102. The minimum Gasteiger partial charge on any atom is -0.410 e. The Morgan fingerprint density at radius 2 is 1.40 bits per heavy atom. The van der Waals surface area contributed by atoms with Gasteiger partial charge in [0, 0.05) is 24.9 Å². The lowest BCUT2D eigenvalue weighted by atomic mass is 10.0. The van der Waals surface area contributed by atoms with E-state index < -0.39 is 13.9 Å². The largest absolute Gasteiger partial charge is 0.584 e. The predicted molar refractivity (Wildman–Crippen MR) is 194 cm³/mol. The number of phosphoric ester groups is 1. The second-order valence-corrected chi connectivity index (χ2v) is 15.1. The van der Waals surface area contributed by atoms with Crippen LogP contribution in [0.2, 0.25) is 0 Å². The van der Waals surface area contributed by atoms with Gasteiger partial charge in [0.1, 0.15) is 17.2 Å². The van der Waals surface area contributed by atoms with Crippen molar-refractivity contribution in [1.82, 2.24) is 10.2 Å². The first-order valence-corrected chi connectivity index (χ1v) is 20.2. The van der Waals surface area contributed by atoms with Gasteiger partial charge in [-0.15, -0.1) is 11.8 Å². The first kappa shape index (κ1) is 38.8. The van der Waals surface area contributed by atoms with Crippen molar-refractivity contribution in [2.45, 2.75) is 130 Å². The fraction of sp³-hybridized carbons (Fsp3) is 0.595. The summed E-state index contributed by atoms with van der Waals surface area (Å²) in [5.41, 5.74) is 1.37. The lowest BCUT2D eigenvalue weighted by Gasteiger charge is -2.18. The number of rotatable bonds is 24. The molecule has 1 unspecified atom stereocenters. The molecule has 8 nitrogen and oxygen atoms in total. The van der Waals surface area contributed by atoms with Crippen LogP contribution in [0.5, 0.6) is 17.2 Å². The van der Waals surface area contributed by atoms with Gasteiger partial charge in [-0.05, 0) is 55.0 Å². The number of carbonyl (C=O) groups excluding carboxylic acids is 1. The maximum absolute atomic E-state index is 12.9. The molecule has 2 aromatic rings. The molecule has 0 fully saturated rings. The highest BCUT2D eigenvalue weighted by atomic mass is 32.2. The van der Waals surface area contributed by atoms with Crippen LogP contribution in [-0.2, 0) is 11.1 Å². The first-order chi connectivity index (χ1) is 22.8. The Morgan fingerprint density at radius 1 is 0.830 bits per heavy atom. The van der Waals surface area contributed by atoms with E-state index in [9.17, 15) is 14.3 Å². The maximum atomic E-state index is 12.9. The highest BCUT2D eigenvalue weighted by Gasteiger charge is 2.27. The van der Waals surface area contributed by atoms with Crippen LogP contribution in [0.15, 0.2) is 53.6 Å². The van der Waals surface area contributed by atoms with Gasteiger partial charge in [-0.1, -0.05) is 121 Å². The van der Waals surface area contributed by atoms with E-state index in [1.807, 2.05) is 6.07 Å². The zero-order valence-corrected chi connectivity index (χ0v) is 30.6. The van der Waals surface area contributed by atoms with E-state index in [1.165, 1.54) is 94.8 Å². The molecule has 0 spiro atoms. The van der Waals surface area contributed by atoms with Gasteiger partial charge >= 0.3 is 13.9 Å². The van der Waals surface area contributed by atoms with Crippen molar-refractivity contribution in [3.8, 4) is 17.2 Å². The summed E-state index contributed by atoms with van der Waals surface area (Å²) in [7, 11) is -4.52. The smallest absolute Gasteiger partial charge is 0.410 e. The van der Waals surface area contributed by atoms with Crippen LogP contribution >= 0.6 is 19.6 Å². The molecule has 10 heteroatoms. The number of allylic oxidation sites excluding steroid dienone is 1. The normalized spacial score (nSPS) is 14.0. The number of nitrogens with zero attached hydrogens (tertiary/aromatic N) is 1. The maximum Gasteiger partial charge on any atom is 0.584 e. The monoisotopic (exact) mass is 688 g/mol. The first-order valence-electron chi connectivity index (χ1n) is 17.7. The fourth-order valence-electron chi connectivity index (χ4n) is 5.62. The van der Waals surface area contributed by atoms with Crippen LogP contribution in [0.1, 0.15) is 128 Å². The molecule has 1 aliphatic heterocycles. The summed E-state index contributed by atoms with van der Waals surface area (Å²) in [6.07, 6.45) is 22.4. The third kappa shape index (κ3) is 16.4. The van der Waals surface area contributed by atoms with Crippen molar-refractivity contribution < 1.29 is 28.0 Å². The number of unbranched alkanes of at least 4 members (excludes halogenated alkanes) is 15. The molecule has 0 saturated carbocycles. The Labute approximate surface area is 287 Å². The second-order valence-electron chi connectivity index (χ2n) is 12.6. The Morgan fingerprint density at radius 3 is 2.00 bits per heavy atom. The molecule has 2 N–H and O–H groups in total. The molecule has 0 bridgehead atoms. The second kappa shape index (κ2) is 22.1. The molecule has 1 amide bonds. The van der Waals surface area contributed by atoms with E-state index in [2.05, 4.69) is 30.3 Å². The molecule has 262 valence electrons. The van der Waals surface area contributed by atoms with Crippen molar-refractivity contribution >= 4 is 25.7 Å². The van der Waals surface area contributed by atoms with Crippen molar-refractivity contribution in [2.75, 3.05) is 12.4 Å². The summed E-state index contributed by atoms with van der Waals surface area (Å²) >= 11 is 1.77. The molecule has 0 aliphatic carbocycles. The summed E-state index contributed by atoms with van der Waals surface area (Å²) < 4.78 is 29.1. The number of benzene rings is 2. The molecule has 0 saturated heterocycles. The van der Waals surface area contributed by atoms with E-state index in [1.54, 1.807) is 55.1 Å². The van der Waals surface area contributed by atoms with Crippen LogP contribution in [-0.4, -0.2) is 28.3 Å². The summed E-state index contributed by atoms with van der Waals surface area (Å²) in [4.78, 5) is 26.4. The van der Waals surface area contributed by atoms with Gasteiger partial charge in [-0.25, -0.2) is 9.36 Å². The van der Waals surface area contributed by atoms with E-state index in [4.69, 9.17) is 13.8 Å². The van der Waals surface area contributed by atoms with Gasteiger partial charge in [0.05, 0.1) is 5.88 Å². The average molecular weight is 689 g/mol. The molecule has 1 aliphatic rings. The van der Waals surface area contributed by atoms with Crippen LogP contribution in [0.4, 0.5) is 4.79 Å². The van der Waals surface area contributed by atoms with Crippen LogP contribution in [0.3, 0.4) is 0 Å². The van der Waals surface area contributed by atoms with Crippen molar-refractivity contribution in [3.63, 3.8) is 0 Å². The molecule has 0 radical (unpaired) electrons. The molecule has 1 atom stereocenters. The van der Waals surface area contributed by atoms with Gasteiger partial charge in [0.15, 0.2) is 0 Å². The zero-order valence-electron chi connectivity index (χ0n) is 28.8. The third-order valence-electron chi connectivity index (χ3n) is 8.28. The van der Waals surface area contributed by atoms with E-state index >= 15 is 0 Å². The number of carbonyl (C=O) groups is 1. The van der Waals surface area contributed by atoms with Gasteiger partial charge in [-0.3, -0.25) is 4.89 Å². The van der Waals surface area contributed by atoms with Gasteiger partial charge < -0.3 is 24.0 Å². The molecule has 2 aromatic carbocycles. The Hall–Kier alpha value is -2.61. The number of nitrogens with one attached hydrogen (secondary N) is 1. The lowest BCUT2D eigenvalue weighted by Crippen LogP contribution is -2.28. The van der Waals surface area contributed by atoms with Crippen molar-refractivity contribution in [1.29, 1.82) is 0 Å². The van der Waals surface area contributed by atoms with Gasteiger partial charge in [-0.2, -0.15) is 0 Å². The average Bonchev–Trinajstić information content (AvgIpc) is 3.44. The van der Waals surface area contributed by atoms with Gasteiger partial charge in [0.2, 0.25) is 0 Å². The highest BCUT2D eigenvalue weighted by Crippen LogP contribution is 2.46. The number of hydrogen-bond donors (Lipinski definition) is 2. The summed E-state index contributed by atoms with van der Waals surface area (Å²) in [5.74, 6) is 1.46. The number of ether oxygens (including phenoxy) is 1. The van der Waals surface area contributed by atoms with E-state index in [0.29, 0.717) is 18.7 Å². The quantitative estimate of drug-likeness (QED) is 0.0831. The molecule has 3 rings (SSSR count). The SMILES string of the molecule is CCCCCCCCCCCCCCCCCCNC(=O)Oc1cccc(OP(=O)(O)Oc2cccc(CN3C=C(C)SC3)c2)c1C. The van der Waals surface area contributed by atoms with E-state index in [-0.39, 0.29) is 17.2 Å². The number of phosphoric acid groups is 1. The molecule has 0 aromatic heterocycles. The Balaban J connectivity index is 1.27. The number of amides is 1. The summed E-state index contributed by atoms with van der Waals surface area (Å²) in [6, 6.07) is 11.8. The zero-order chi connectivity index (χ0) is 33.7. The topological polar surface area (TPSA) is 97.3 Å². The fourth-order valence-corrected chi connectivity index (χ4v) is 7.24. The predicted octanol–water partition coefficient (Wildman–Crippen LogP) is 11.3. The summed E-state index contributed by atoms with van der Waals surface area (Å²) in [6.45, 7) is 7.21. The van der Waals surface area contributed by atoms with E-state index in [0.717, 1.165) is 24.3 Å². The third-order valence-corrected chi connectivity index (χ3v) is 10.2. The number of hydrogen-bond acceptors (Lipinski definition) is 7. The molecular formula is C37H57N2O6PS. The standard InChI is InChI=1S/C37H57N2O6PS/c1-4-5-6-7-8-9-10-11-12-13-14-15-16-17-18-19-26-38-37(40)43-35-24-21-25-36(32(35)3)45-46(41,42)44-34-23-20-22-33(27-34)29-39-28-31(2)47-30-39/h20-25,27-28H,4-19,26,29-30H2,1-3H3,(H,38,40)(H,41,42). The van der Waals surface area contributed by atoms with Gasteiger partial charge in [0.25, 0.3) is 0 Å². The van der Waals surface area contributed by atoms with Crippen LogP contribution in [0, 0.1) is 6.92 Å². The van der Waals surface area contributed by atoms with Crippen LogP contribution < -0.4 is 19.1 Å². The van der Waals surface area contributed by atoms with Crippen molar-refractivity contribution in [3.05, 3.63) is 64.7 Å². The molecule has 47 heavy (non-hydrogen) atoms. The Kier molecular flexibility index (Phi) is 18.3.